The van der Waals surface area contributed by atoms with Crippen molar-refractivity contribution in [3.8, 4) is 0 Å². The molecule has 8 heteroatoms. The number of aromatic nitrogens is 2. The predicted octanol–water partition coefficient (Wildman–Crippen LogP) is 4.05. The number of esters is 1. The van der Waals surface area contributed by atoms with Crippen molar-refractivity contribution in [2.75, 3.05) is 31.6 Å². The minimum atomic E-state index is -0.472. The quantitative estimate of drug-likeness (QED) is 0.696. The number of nitrogens with one attached hydrogen (secondary N) is 1. The van der Waals surface area contributed by atoms with Gasteiger partial charge in [-0.1, -0.05) is 6.07 Å². The van der Waals surface area contributed by atoms with Gasteiger partial charge >= 0.3 is 12.1 Å². The van der Waals surface area contributed by atoms with Crippen LogP contribution in [0, 0.1) is 0 Å². The van der Waals surface area contributed by atoms with Gasteiger partial charge < -0.3 is 19.7 Å². The molecule has 8 nitrogen and oxygen atoms in total. The summed E-state index contributed by atoms with van der Waals surface area (Å²) in [5.41, 5.74) is 1.84. The molecule has 1 aromatic carbocycles. The molecule has 1 aliphatic rings. The highest BCUT2D eigenvalue weighted by atomic mass is 16.6. The SMILES string of the molecule is CCOC(=O)CCNc1nn(C)c2cc(C3CCN(C(=O)OC(C)(C)C)CC3)ccc12. The minimum absolute atomic E-state index is 0.213. The molecule has 2 heterocycles. The van der Waals surface area contributed by atoms with E-state index in [4.69, 9.17) is 9.47 Å². The first-order valence-corrected chi connectivity index (χ1v) is 11.0. The molecule has 0 atom stereocenters. The summed E-state index contributed by atoms with van der Waals surface area (Å²) < 4.78 is 12.3. The molecular formula is C23H34N4O4. The van der Waals surface area contributed by atoms with Crippen LogP contribution in [0.25, 0.3) is 10.9 Å². The van der Waals surface area contributed by atoms with Crippen LogP contribution >= 0.6 is 0 Å². The summed E-state index contributed by atoms with van der Waals surface area (Å²) in [5, 5.41) is 8.84. The van der Waals surface area contributed by atoms with Gasteiger partial charge in [0, 0.05) is 32.1 Å². The maximum atomic E-state index is 12.3. The number of aryl methyl sites for hydroxylation is 1. The Balaban J connectivity index is 1.62. The molecule has 170 valence electrons. The largest absolute Gasteiger partial charge is 0.466 e. The Morgan fingerprint density at radius 1 is 1.23 bits per heavy atom. The number of amides is 1. The van der Waals surface area contributed by atoms with E-state index in [-0.39, 0.29) is 12.1 Å². The van der Waals surface area contributed by atoms with E-state index in [1.165, 1.54) is 5.56 Å². The van der Waals surface area contributed by atoms with E-state index in [1.54, 1.807) is 11.8 Å². The van der Waals surface area contributed by atoms with Gasteiger partial charge in [0.15, 0.2) is 5.82 Å². The van der Waals surface area contributed by atoms with E-state index in [9.17, 15) is 9.59 Å². The number of ether oxygens (including phenoxy) is 2. The van der Waals surface area contributed by atoms with Crippen LogP contribution in [0.1, 0.15) is 58.4 Å². The topological polar surface area (TPSA) is 85.7 Å². The molecule has 2 aromatic rings. The number of benzene rings is 1. The molecule has 0 unspecified atom stereocenters. The van der Waals surface area contributed by atoms with Crippen molar-refractivity contribution in [2.45, 2.75) is 58.5 Å². The summed E-state index contributed by atoms with van der Waals surface area (Å²) in [5.74, 6) is 0.960. The molecule has 0 saturated carbocycles. The summed E-state index contributed by atoms with van der Waals surface area (Å²) in [6.45, 7) is 9.74. The average Bonchev–Trinajstić information content (AvgIpc) is 3.02. The second kappa shape index (κ2) is 9.58. The van der Waals surface area contributed by atoms with Gasteiger partial charge in [-0.3, -0.25) is 9.48 Å². The third-order valence-electron chi connectivity index (χ3n) is 5.42. The van der Waals surface area contributed by atoms with Crippen molar-refractivity contribution >= 4 is 28.8 Å². The Morgan fingerprint density at radius 3 is 2.58 bits per heavy atom. The number of anilines is 1. The molecule has 0 aliphatic carbocycles. The maximum absolute atomic E-state index is 12.3. The smallest absolute Gasteiger partial charge is 0.410 e. The Hall–Kier alpha value is -2.77. The number of fused-ring (bicyclic) bond motifs is 1. The van der Waals surface area contributed by atoms with E-state index in [2.05, 4.69) is 28.6 Å². The van der Waals surface area contributed by atoms with Crippen molar-refractivity contribution < 1.29 is 19.1 Å². The Kier molecular flexibility index (Phi) is 7.08. The number of piperidine rings is 1. The molecule has 1 N–H and O–H groups in total. The van der Waals surface area contributed by atoms with Crippen LogP contribution in [0.15, 0.2) is 18.2 Å². The van der Waals surface area contributed by atoms with E-state index < -0.39 is 5.60 Å². The van der Waals surface area contributed by atoms with Crippen LogP contribution in [0.2, 0.25) is 0 Å². The maximum Gasteiger partial charge on any atom is 0.410 e. The predicted molar refractivity (Wildman–Crippen MR) is 120 cm³/mol. The second-order valence-corrected chi connectivity index (χ2v) is 8.97. The fourth-order valence-corrected chi connectivity index (χ4v) is 3.90. The van der Waals surface area contributed by atoms with Crippen LogP contribution in [-0.2, 0) is 21.3 Å². The lowest BCUT2D eigenvalue weighted by atomic mass is 9.89. The summed E-state index contributed by atoms with van der Waals surface area (Å²) in [6, 6.07) is 6.42. The zero-order valence-electron chi connectivity index (χ0n) is 19.2. The first kappa shape index (κ1) is 22.9. The fraction of sp³-hybridized carbons (Fsp3) is 0.609. The zero-order chi connectivity index (χ0) is 22.6. The molecule has 3 rings (SSSR count). The monoisotopic (exact) mass is 430 g/mol. The third-order valence-corrected chi connectivity index (χ3v) is 5.42. The lowest BCUT2D eigenvalue weighted by Gasteiger charge is -2.33. The zero-order valence-corrected chi connectivity index (χ0v) is 19.2. The van der Waals surface area contributed by atoms with Crippen LogP contribution < -0.4 is 5.32 Å². The number of hydrogen-bond donors (Lipinski definition) is 1. The van der Waals surface area contributed by atoms with E-state index in [0.29, 0.717) is 38.6 Å². The highest BCUT2D eigenvalue weighted by molar-refractivity contribution is 5.91. The van der Waals surface area contributed by atoms with Crippen LogP contribution in [0.3, 0.4) is 0 Å². The Bertz CT molecular complexity index is 924. The first-order chi connectivity index (χ1) is 14.7. The van der Waals surface area contributed by atoms with Gasteiger partial charge in [-0.15, -0.1) is 0 Å². The second-order valence-electron chi connectivity index (χ2n) is 8.97. The van der Waals surface area contributed by atoms with E-state index in [0.717, 1.165) is 29.6 Å². The summed E-state index contributed by atoms with van der Waals surface area (Å²) in [4.78, 5) is 25.6. The molecule has 1 fully saturated rings. The molecule has 1 amide bonds. The summed E-state index contributed by atoms with van der Waals surface area (Å²) in [7, 11) is 1.92. The van der Waals surface area contributed by atoms with Crippen molar-refractivity contribution in [3.05, 3.63) is 23.8 Å². The molecule has 0 spiro atoms. The number of nitrogens with zero attached hydrogens (tertiary/aromatic N) is 3. The van der Waals surface area contributed by atoms with Crippen LogP contribution in [-0.4, -0.2) is 58.6 Å². The highest BCUT2D eigenvalue weighted by Crippen LogP contribution is 2.32. The molecule has 1 saturated heterocycles. The molecular weight excluding hydrogens is 396 g/mol. The average molecular weight is 431 g/mol. The third kappa shape index (κ3) is 5.89. The Labute approximate surface area is 183 Å². The van der Waals surface area contributed by atoms with Gasteiger partial charge in [0.25, 0.3) is 0 Å². The van der Waals surface area contributed by atoms with Gasteiger partial charge in [0.1, 0.15) is 5.60 Å². The van der Waals surface area contributed by atoms with Gasteiger partial charge in [-0.25, -0.2) is 4.79 Å². The van der Waals surface area contributed by atoms with Crippen molar-refractivity contribution in [1.82, 2.24) is 14.7 Å². The molecule has 0 radical (unpaired) electrons. The lowest BCUT2D eigenvalue weighted by Crippen LogP contribution is -2.41. The van der Waals surface area contributed by atoms with Gasteiger partial charge in [-0.2, -0.15) is 5.10 Å². The normalized spacial score (nSPS) is 15.2. The molecule has 1 aromatic heterocycles. The Morgan fingerprint density at radius 2 is 1.94 bits per heavy atom. The van der Waals surface area contributed by atoms with Gasteiger partial charge in [0.05, 0.1) is 18.5 Å². The van der Waals surface area contributed by atoms with Gasteiger partial charge in [0.2, 0.25) is 0 Å². The number of rotatable bonds is 6. The van der Waals surface area contributed by atoms with Crippen LogP contribution in [0.4, 0.5) is 10.6 Å². The minimum Gasteiger partial charge on any atom is -0.466 e. The first-order valence-electron chi connectivity index (χ1n) is 11.0. The number of hydrogen-bond acceptors (Lipinski definition) is 6. The van der Waals surface area contributed by atoms with Crippen molar-refractivity contribution in [1.29, 1.82) is 0 Å². The fourth-order valence-electron chi connectivity index (χ4n) is 3.90. The lowest BCUT2D eigenvalue weighted by molar-refractivity contribution is -0.142. The summed E-state index contributed by atoms with van der Waals surface area (Å²) in [6.07, 6.45) is 1.90. The van der Waals surface area contributed by atoms with Crippen LogP contribution in [0.5, 0.6) is 0 Å². The standard InChI is InChI=1S/C23H34N4O4/c1-6-30-20(28)9-12-24-21-18-8-7-17(15-19(18)26(5)25-21)16-10-13-27(14-11-16)22(29)31-23(2,3)4/h7-8,15-16H,6,9-14H2,1-5H3,(H,24,25). The molecule has 31 heavy (non-hydrogen) atoms. The number of carbonyl (C=O) groups is 2. The highest BCUT2D eigenvalue weighted by Gasteiger charge is 2.27. The van der Waals surface area contributed by atoms with E-state index in [1.807, 2.05) is 32.5 Å². The number of likely N-dealkylation sites (tertiary alicyclic amines) is 1. The van der Waals surface area contributed by atoms with Gasteiger partial charge in [-0.05, 0) is 64.2 Å². The van der Waals surface area contributed by atoms with Crippen molar-refractivity contribution in [2.24, 2.45) is 7.05 Å². The van der Waals surface area contributed by atoms with E-state index >= 15 is 0 Å². The van der Waals surface area contributed by atoms with Crippen molar-refractivity contribution in [3.63, 3.8) is 0 Å². The molecule has 1 aliphatic heterocycles. The number of carbonyl (C=O) groups excluding carboxylic acids is 2. The molecule has 0 bridgehead atoms. The summed E-state index contributed by atoms with van der Waals surface area (Å²) >= 11 is 0.